The average Bonchev–Trinajstić information content (AvgIpc) is 2.78. The molecule has 0 saturated heterocycles. The number of pyridine rings is 1. The fourth-order valence-electron chi connectivity index (χ4n) is 2.30. The van der Waals surface area contributed by atoms with Gasteiger partial charge in [-0.1, -0.05) is 13.0 Å². The molecule has 102 valence electrons. The molecule has 2 heterocycles. The van der Waals surface area contributed by atoms with Gasteiger partial charge in [0.2, 0.25) is 0 Å². The second-order valence-electron chi connectivity index (χ2n) is 5.09. The number of aromatic nitrogens is 1. The monoisotopic (exact) mass is 274 g/mol. The summed E-state index contributed by atoms with van der Waals surface area (Å²) in [4.78, 5) is 6.01. The highest BCUT2D eigenvalue weighted by Crippen LogP contribution is 2.27. The largest absolute Gasteiger partial charge is 0.305 e. The van der Waals surface area contributed by atoms with Gasteiger partial charge >= 0.3 is 0 Å². The van der Waals surface area contributed by atoms with E-state index in [1.165, 1.54) is 21.6 Å². The zero-order chi connectivity index (χ0) is 13.8. The normalized spacial score (nSPS) is 12.6. The minimum absolute atomic E-state index is 0.213. The highest BCUT2D eigenvalue weighted by atomic mass is 32.1. The maximum atomic E-state index is 4.66. The highest BCUT2D eigenvalue weighted by Gasteiger charge is 2.18. The number of hydrogen-bond acceptors (Lipinski definition) is 3. The van der Waals surface area contributed by atoms with Crippen LogP contribution in [0.5, 0.6) is 0 Å². The molecule has 0 fully saturated rings. The highest BCUT2D eigenvalue weighted by molar-refractivity contribution is 7.10. The first-order chi connectivity index (χ1) is 9.11. The van der Waals surface area contributed by atoms with Crippen molar-refractivity contribution in [2.75, 3.05) is 6.54 Å². The van der Waals surface area contributed by atoms with Crippen LogP contribution >= 0.6 is 11.3 Å². The summed E-state index contributed by atoms with van der Waals surface area (Å²) in [5.74, 6) is 0. The molecule has 19 heavy (non-hydrogen) atoms. The first kappa shape index (κ1) is 14.2. The van der Waals surface area contributed by atoms with E-state index in [0.29, 0.717) is 0 Å². The molecule has 2 nitrogen and oxygen atoms in total. The molecule has 2 aromatic heterocycles. The third-order valence-corrected chi connectivity index (χ3v) is 4.09. The van der Waals surface area contributed by atoms with Crippen LogP contribution in [-0.2, 0) is 0 Å². The Morgan fingerprint density at radius 1 is 1.26 bits per heavy atom. The van der Waals surface area contributed by atoms with Crippen LogP contribution in [0.2, 0.25) is 0 Å². The van der Waals surface area contributed by atoms with E-state index in [1.54, 1.807) is 11.3 Å². The molecule has 2 rings (SSSR count). The smallest absolute Gasteiger partial charge is 0.0762 e. The molecule has 0 radical (unpaired) electrons. The second-order valence-corrected chi connectivity index (χ2v) is 6.21. The Kier molecular flexibility index (Phi) is 4.72. The van der Waals surface area contributed by atoms with Gasteiger partial charge in [0.05, 0.1) is 11.7 Å². The van der Waals surface area contributed by atoms with E-state index >= 15 is 0 Å². The summed E-state index contributed by atoms with van der Waals surface area (Å²) in [6.07, 6.45) is 3.09. The van der Waals surface area contributed by atoms with E-state index < -0.39 is 0 Å². The lowest BCUT2D eigenvalue weighted by molar-refractivity contribution is 0.584. The van der Waals surface area contributed by atoms with Crippen LogP contribution in [0.3, 0.4) is 0 Å². The van der Waals surface area contributed by atoms with Gasteiger partial charge in [-0.05, 0) is 61.9 Å². The van der Waals surface area contributed by atoms with Crippen molar-refractivity contribution in [2.45, 2.75) is 40.2 Å². The maximum absolute atomic E-state index is 4.66. The van der Waals surface area contributed by atoms with Crippen LogP contribution in [0.25, 0.3) is 0 Å². The van der Waals surface area contributed by atoms with E-state index in [4.69, 9.17) is 0 Å². The van der Waals surface area contributed by atoms with Crippen molar-refractivity contribution in [3.05, 3.63) is 51.0 Å². The maximum Gasteiger partial charge on any atom is 0.0762 e. The van der Waals surface area contributed by atoms with Crippen molar-refractivity contribution in [3.8, 4) is 0 Å². The summed E-state index contributed by atoms with van der Waals surface area (Å²) >= 11 is 1.80. The minimum Gasteiger partial charge on any atom is -0.305 e. The van der Waals surface area contributed by atoms with Crippen molar-refractivity contribution in [1.29, 1.82) is 0 Å². The van der Waals surface area contributed by atoms with Crippen molar-refractivity contribution in [3.63, 3.8) is 0 Å². The fourth-order valence-corrected chi connectivity index (χ4v) is 3.03. The van der Waals surface area contributed by atoms with E-state index in [0.717, 1.165) is 18.7 Å². The molecule has 0 aliphatic carbocycles. The van der Waals surface area contributed by atoms with E-state index in [2.05, 4.69) is 55.5 Å². The van der Waals surface area contributed by atoms with Gasteiger partial charge in [0.1, 0.15) is 0 Å². The van der Waals surface area contributed by atoms with Gasteiger partial charge in [-0.15, -0.1) is 11.3 Å². The van der Waals surface area contributed by atoms with Crippen LogP contribution in [0.1, 0.15) is 46.6 Å². The van der Waals surface area contributed by atoms with E-state index in [9.17, 15) is 0 Å². The van der Waals surface area contributed by atoms with Crippen LogP contribution in [-0.4, -0.2) is 11.5 Å². The summed E-state index contributed by atoms with van der Waals surface area (Å²) < 4.78 is 0. The van der Waals surface area contributed by atoms with Gasteiger partial charge in [0.15, 0.2) is 0 Å². The number of nitrogens with zero attached hydrogens (tertiary/aromatic N) is 1. The number of nitrogens with one attached hydrogen (secondary N) is 1. The summed E-state index contributed by atoms with van der Waals surface area (Å²) in [6, 6.07) is 4.69. The average molecular weight is 274 g/mol. The first-order valence-corrected chi connectivity index (χ1v) is 7.71. The van der Waals surface area contributed by atoms with Gasteiger partial charge in [0, 0.05) is 11.1 Å². The number of aryl methyl sites for hydroxylation is 3. The Morgan fingerprint density at radius 2 is 2.05 bits per heavy atom. The molecule has 1 unspecified atom stereocenters. The summed E-state index contributed by atoms with van der Waals surface area (Å²) in [5.41, 5.74) is 4.96. The van der Waals surface area contributed by atoms with Crippen LogP contribution in [0, 0.1) is 20.8 Å². The van der Waals surface area contributed by atoms with Crippen molar-refractivity contribution >= 4 is 11.3 Å². The predicted octanol–water partition coefficient (Wildman–Crippen LogP) is 4.16. The lowest BCUT2D eigenvalue weighted by Crippen LogP contribution is -2.24. The SMILES string of the molecule is CCCNC(c1csc(C)c1)c1ncc(C)cc1C. The number of hydrogen-bond donors (Lipinski definition) is 1. The molecule has 0 aliphatic heterocycles. The molecule has 0 amide bonds. The Labute approximate surface area is 119 Å². The van der Waals surface area contributed by atoms with E-state index in [1.807, 2.05) is 6.20 Å². The molecule has 0 spiro atoms. The number of thiophene rings is 1. The standard InChI is InChI=1S/C16H22N2S/c1-5-6-17-16(14-8-13(4)19-10-14)15-12(3)7-11(2)9-18-15/h7-10,16-17H,5-6H2,1-4H3. The van der Waals surface area contributed by atoms with Gasteiger partial charge in [0.25, 0.3) is 0 Å². The quantitative estimate of drug-likeness (QED) is 0.885. The molecule has 3 heteroatoms. The topological polar surface area (TPSA) is 24.9 Å². The van der Waals surface area contributed by atoms with Gasteiger partial charge in [-0.2, -0.15) is 0 Å². The first-order valence-electron chi connectivity index (χ1n) is 6.83. The zero-order valence-corrected chi connectivity index (χ0v) is 13.0. The Bertz CT molecular complexity index is 545. The van der Waals surface area contributed by atoms with Crippen molar-refractivity contribution in [2.24, 2.45) is 0 Å². The molecule has 0 aliphatic rings. The lowest BCUT2D eigenvalue weighted by atomic mass is 10.0. The Morgan fingerprint density at radius 3 is 2.63 bits per heavy atom. The van der Waals surface area contributed by atoms with Crippen LogP contribution < -0.4 is 5.32 Å². The molecular formula is C16H22N2S. The molecule has 2 aromatic rings. The third kappa shape index (κ3) is 3.43. The van der Waals surface area contributed by atoms with Crippen molar-refractivity contribution < 1.29 is 0 Å². The summed E-state index contributed by atoms with van der Waals surface area (Å²) in [5, 5.41) is 5.86. The molecule has 1 N–H and O–H groups in total. The van der Waals surface area contributed by atoms with Crippen molar-refractivity contribution in [1.82, 2.24) is 10.3 Å². The summed E-state index contributed by atoms with van der Waals surface area (Å²) in [7, 11) is 0. The predicted molar refractivity (Wildman–Crippen MR) is 82.9 cm³/mol. The minimum atomic E-state index is 0.213. The van der Waals surface area contributed by atoms with Gasteiger partial charge in [-0.3, -0.25) is 4.98 Å². The molecular weight excluding hydrogens is 252 g/mol. The fraction of sp³-hybridized carbons (Fsp3) is 0.438. The second kappa shape index (κ2) is 6.31. The Hall–Kier alpha value is -1.19. The molecule has 0 saturated carbocycles. The molecule has 0 bridgehead atoms. The van der Waals surface area contributed by atoms with Crippen LogP contribution in [0.4, 0.5) is 0 Å². The van der Waals surface area contributed by atoms with Crippen LogP contribution in [0.15, 0.2) is 23.7 Å². The number of rotatable bonds is 5. The molecule has 0 aromatic carbocycles. The van der Waals surface area contributed by atoms with Gasteiger partial charge < -0.3 is 5.32 Å². The lowest BCUT2D eigenvalue weighted by Gasteiger charge is -2.19. The molecule has 1 atom stereocenters. The van der Waals surface area contributed by atoms with E-state index in [-0.39, 0.29) is 6.04 Å². The zero-order valence-electron chi connectivity index (χ0n) is 12.2. The summed E-state index contributed by atoms with van der Waals surface area (Å²) in [6.45, 7) is 9.59. The van der Waals surface area contributed by atoms with Gasteiger partial charge in [-0.25, -0.2) is 0 Å². The third-order valence-electron chi connectivity index (χ3n) is 3.21. The Balaban J connectivity index is 2.36.